The van der Waals surface area contributed by atoms with E-state index in [2.05, 4.69) is 37.9 Å². The molecule has 1 unspecified atom stereocenters. The van der Waals surface area contributed by atoms with Gasteiger partial charge in [-0.2, -0.15) is 0 Å². The Hall–Kier alpha value is -0.650. The van der Waals surface area contributed by atoms with Gasteiger partial charge >= 0.3 is 0 Å². The fourth-order valence-corrected chi connectivity index (χ4v) is 2.46. The predicted molar refractivity (Wildman–Crippen MR) is 81.8 cm³/mol. The molecule has 1 saturated heterocycles. The first-order chi connectivity index (χ1) is 9.58. The lowest BCUT2D eigenvalue weighted by atomic mass is 10.1. The molecule has 0 aliphatic carbocycles. The van der Waals surface area contributed by atoms with Crippen LogP contribution in [0.4, 0.5) is 0 Å². The van der Waals surface area contributed by atoms with Gasteiger partial charge in [-0.1, -0.05) is 27.7 Å². The molecule has 0 aromatic rings. The first-order valence-corrected chi connectivity index (χ1v) is 7.91. The van der Waals surface area contributed by atoms with Crippen LogP contribution in [0.25, 0.3) is 0 Å². The van der Waals surface area contributed by atoms with Gasteiger partial charge in [-0.05, 0) is 19.0 Å². The largest absolute Gasteiger partial charge is 0.366 e. The van der Waals surface area contributed by atoms with Crippen LogP contribution in [0, 0.1) is 5.92 Å². The number of amides is 1. The smallest absolute Gasteiger partial charge is 0.253 e. The lowest BCUT2D eigenvalue weighted by Gasteiger charge is -2.32. The van der Waals surface area contributed by atoms with Gasteiger partial charge in [0.1, 0.15) is 6.10 Å². The fourth-order valence-electron chi connectivity index (χ4n) is 2.46. The molecule has 0 aromatic carbocycles. The Morgan fingerprint density at radius 1 is 1.30 bits per heavy atom. The maximum atomic E-state index is 12.6. The first kappa shape index (κ1) is 17.4. The van der Waals surface area contributed by atoms with Gasteiger partial charge in [-0.3, -0.25) is 4.79 Å². The third-order valence-electron chi connectivity index (χ3n) is 3.68. The van der Waals surface area contributed by atoms with Gasteiger partial charge in [-0.25, -0.2) is 0 Å². The van der Waals surface area contributed by atoms with Crippen molar-refractivity contribution in [1.29, 1.82) is 0 Å². The minimum atomic E-state index is -0.306. The Labute approximate surface area is 123 Å². The summed E-state index contributed by atoms with van der Waals surface area (Å²) in [5, 5.41) is 3.23. The van der Waals surface area contributed by atoms with Crippen molar-refractivity contribution in [2.24, 2.45) is 5.92 Å². The molecular formula is C15H31N3O2. The molecule has 5 heteroatoms. The Kier molecular flexibility index (Phi) is 8.11. The lowest BCUT2D eigenvalue weighted by molar-refractivity contribution is -0.146. The number of hydrogen-bond donors (Lipinski definition) is 1. The summed E-state index contributed by atoms with van der Waals surface area (Å²) >= 11 is 0. The molecule has 1 fully saturated rings. The normalized spacial score (nSPS) is 19.6. The van der Waals surface area contributed by atoms with Crippen LogP contribution in [0.2, 0.25) is 0 Å². The van der Waals surface area contributed by atoms with Gasteiger partial charge in [0, 0.05) is 32.7 Å². The highest BCUT2D eigenvalue weighted by Crippen LogP contribution is 2.06. The van der Waals surface area contributed by atoms with Crippen LogP contribution >= 0.6 is 0 Å². The number of hydrogen-bond acceptors (Lipinski definition) is 4. The maximum Gasteiger partial charge on any atom is 0.253 e. The van der Waals surface area contributed by atoms with Gasteiger partial charge in [0.05, 0.1) is 6.61 Å². The number of nitrogens with one attached hydrogen (secondary N) is 1. The van der Waals surface area contributed by atoms with Crippen LogP contribution in [0.1, 0.15) is 27.7 Å². The minimum Gasteiger partial charge on any atom is -0.366 e. The first-order valence-electron chi connectivity index (χ1n) is 7.91. The number of carbonyl (C=O) groups is 1. The fraction of sp³-hybridized carbons (Fsp3) is 0.933. The Morgan fingerprint density at radius 2 is 2.00 bits per heavy atom. The van der Waals surface area contributed by atoms with E-state index in [1.54, 1.807) is 0 Å². The van der Waals surface area contributed by atoms with Crippen molar-refractivity contribution < 1.29 is 9.53 Å². The molecule has 0 saturated carbocycles. The molecule has 118 valence electrons. The Morgan fingerprint density at radius 3 is 2.50 bits per heavy atom. The van der Waals surface area contributed by atoms with Crippen molar-refractivity contribution in [1.82, 2.24) is 15.1 Å². The van der Waals surface area contributed by atoms with Crippen LogP contribution in [0.15, 0.2) is 0 Å². The van der Waals surface area contributed by atoms with E-state index >= 15 is 0 Å². The molecule has 5 nitrogen and oxygen atoms in total. The zero-order valence-corrected chi connectivity index (χ0v) is 13.5. The van der Waals surface area contributed by atoms with E-state index in [0.29, 0.717) is 19.1 Å². The molecule has 1 rings (SSSR count). The molecule has 0 bridgehead atoms. The number of likely N-dealkylation sites (N-methyl/N-ethyl adjacent to an activating group) is 1. The molecular weight excluding hydrogens is 254 g/mol. The van der Waals surface area contributed by atoms with Crippen LogP contribution in [0.3, 0.4) is 0 Å². The van der Waals surface area contributed by atoms with Crippen LogP contribution in [-0.2, 0) is 9.53 Å². The van der Waals surface area contributed by atoms with Crippen LogP contribution in [-0.4, -0.2) is 74.2 Å². The molecule has 0 spiro atoms. The van der Waals surface area contributed by atoms with E-state index in [0.717, 1.165) is 39.3 Å². The molecule has 1 atom stereocenters. The highest BCUT2D eigenvalue weighted by atomic mass is 16.5. The average molecular weight is 285 g/mol. The highest BCUT2D eigenvalue weighted by Gasteiger charge is 2.27. The summed E-state index contributed by atoms with van der Waals surface area (Å²) in [5.74, 6) is 0.616. The molecule has 1 heterocycles. The second-order valence-electron chi connectivity index (χ2n) is 5.77. The highest BCUT2D eigenvalue weighted by molar-refractivity contribution is 5.81. The van der Waals surface area contributed by atoms with Gasteiger partial charge in [0.15, 0.2) is 0 Å². The van der Waals surface area contributed by atoms with Crippen molar-refractivity contribution in [3.63, 3.8) is 0 Å². The summed E-state index contributed by atoms with van der Waals surface area (Å²) in [4.78, 5) is 16.9. The monoisotopic (exact) mass is 285 g/mol. The Balaban J connectivity index is 2.55. The Bertz CT molecular complexity index is 274. The second kappa shape index (κ2) is 9.32. The summed E-state index contributed by atoms with van der Waals surface area (Å²) in [6.07, 6.45) is -0.306. The quantitative estimate of drug-likeness (QED) is 0.716. The average Bonchev–Trinajstić information content (AvgIpc) is 2.46. The summed E-state index contributed by atoms with van der Waals surface area (Å²) < 4.78 is 5.59. The minimum absolute atomic E-state index is 0.137. The molecule has 1 amide bonds. The van der Waals surface area contributed by atoms with Gasteiger partial charge in [-0.15, -0.1) is 0 Å². The summed E-state index contributed by atoms with van der Waals surface area (Å²) in [6, 6.07) is 0. The number of carbonyl (C=O) groups excluding carboxylic acids is 1. The summed E-state index contributed by atoms with van der Waals surface area (Å²) in [6.45, 7) is 15.3. The van der Waals surface area contributed by atoms with E-state index in [1.807, 2.05) is 4.90 Å². The number of rotatable bonds is 8. The number of nitrogens with zero attached hydrogens (tertiary/aromatic N) is 2. The molecule has 0 radical (unpaired) electrons. The van der Waals surface area contributed by atoms with Crippen molar-refractivity contribution in [2.45, 2.75) is 33.8 Å². The van der Waals surface area contributed by atoms with Crippen molar-refractivity contribution in [2.75, 3.05) is 52.4 Å². The topological polar surface area (TPSA) is 44.8 Å². The molecule has 1 aliphatic rings. The number of morpholine rings is 1. The zero-order chi connectivity index (χ0) is 15.0. The second-order valence-corrected chi connectivity index (χ2v) is 5.77. The summed E-state index contributed by atoms with van der Waals surface area (Å²) in [5.41, 5.74) is 0. The van der Waals surface area contributed by atoms with Gasteiger partial charge < -0.3 is 19.9 Å². The molecule has 20 heavy (non-hydrogen) atoms. The van der Waals surface area contributed by atoms with Crippen molar-refractivity contribution in [3.05, 3.63) is 0 Å². The molecule has 0 aromatic heterocycles. The predicted octanol–water partition coefficient (Wildman–Crippen LogP) is 0.801. The van der Waals surface area contributed by atoms with E-state index in [1.165, 1.54) is 0 Å². The molecule has 1 aliphatic heterocycles. The van der Waals surface area contributed by atoms with E-state index in [9.17, 15) is 4.79 Å². The van der Waals surface area contributed by atoms with Crippen molar-refractivity contribution >= 4 is 5.91 Å². The standard InChI is InChI=1S/C15H31N3O2/c1-5-17(6-2)8-9-18(12-13(3)4)15(19)14-11-16-7-10-20-14/h13-14,16H,5-12H2,1-4H3. The third-order valence-corrected chi connectivity index (χ3v) is 3.68. The molecule has 1 N–H and O–H groups in total. The maximum absolute atomic E-state index is 12.6. The SMILES string of the molecule is CCN(CC)CCN(CC(C)C)C(=O)C1CNCCO1. The van der Waals surface area contributed by atoms with Crippen LogP contribution < -0.4 is 5.32 Å². The van der Waals surface area contributed by atoms with Gasteiger partial charge in [0.25, 0.3) is 5.91 Å². The number of ether oxygens (including phenoxy) is 1. The third kappa shape index (κ3) is 5.77. The van der Waals surface area contributed by atoms with E-state index in [4.69, 9.17) is 4.74 Å². The summed E-state index contributed by atoms with van der Waals surface area (Å²) in [7, 11) is 0. The lowest BCUT2D eigenvalue weighted by Crippen LogP contribution is -2.51. The van der Waals surface area contributed by atoms with E-state index < -0.39 is 0 Å². The zero-order valence-electron chi connectivity index (χ0n) is 13.5. The van der Waals surface area contributed by atoms with Crippen molar-refractivity contribution in [3.8, 4) is 0 Å². The van der Waals surface area contributed by atoms with Gasteiger partial charge in [0.2, 0.25) is 0 Å². The van der Waals surface area contributed by atoms with Crippen LogP contribution in [0.5, 0.6) is 0 Å². The van der Waals surface area contributed by atoms with E-state index in [-0.39, 0.29) is 12.0 Å².